The topological polar surface area (TPSA) is 65.7 Å². The third-order valence-corrected chi connectivity index (χ3v) is 5.08. The lowest BCUT2D eigenvalue weighted by Gasteiger charge is -2.20. The number of nitrogens with zero attached hydrogens (tertiary/aromatic N) is 3. The van der Waals surface area contributed by atoms with Gasteiger partial charge in [0.05, 0.1) is 5.69 Å². The summed E-state index contributed by atoms with van der Waals surface area (Å²) in [4.78, 5) is 16.0. The number of aromatic nitrogens is 2. The number of carbonyl (C=O) groups is 1. The predicted octanol–water partition coefficient (Wildman–Crippen LogP) is 5.46. The highest BCUT2D eigenvalue weighted by Crippen LogP contribution is 2.29. The fraction of sp³-hybridized carbons (Fsp3) is 0.435. The summed E-state index contributed by atoms with van der Waals surface area (Å²) in [6.45, 7) is 10.2. The van der Waals surface area contributed by atoms with Crippen LogP contribution in [0.1, 0.15) is 50.2 Å². The van der Waals surface area contributed by atoms with Crippen LogP contribution in [0.4, 0.5) is 4.79 Å². The second-order valence-corrected chi connectivity index (χ2v) is 9.04. The summed E-state index contributed by atoms with van der Waals surface area (Å²) in [6.07, 6.45) is 1.76. The molecule has 0 amide bonds. The molecule has 7 heteroatoms. The van der Waals surface area contributed by atoms with Gasteiger partial charge in [0.25, 0.3) is 0 Å². The molecule has 0 radical (unpaired) electrons. The van der Waals surface area contributed by atoms with Crippen molar-refractivity contribution in [1.82, 2.24) is 9.78 Å². The van der Waals surface area contributed by atoms with Crippen LogP contribution in [0.15, 0.2) is 35.3 Å². The lowest BCUT2D eigenvalue weighted by atomic mass is 9.86. The van der Waals surface area contributed by atoms with Gasteiger partial charge in [-0.2, -0.15) is 5.10 Å². The second-order valence-electron chi connectivity index (χ2n) is 7.84. The van der Waals surface area contributed by atoms with Crippen LogP contribution in [0.5, 0.6) is 0 Å². The third kappa shape index (κ3) is 6.23. The summed E-state index contributed by atoms with van der Waals surface area (Å²) in [6, 6.07) is 10.3. The van der Waals surface area contributed by atoms with E-state index in [-0.39, 0.29) is 17.5 Å². The molecule has 0 aliphatic carbocycles. The van der Waals surface area contributed by atoms with Gasteiger partial charge in [-0.05, 0) is 41.3 Å². The number of thioether (sulfide) groups is 1. The van der Waals surface area contributed by atoms with E-state index in [2.05, 4.69) is 55.1 Å². The van der Waals surface area contributed by atoms with Crippen LogP contribution in [-0.4, -0.2) is 40.9 Å². The van der Waals surface area contributed by atoms with Crippen LogP contribution in [0.25, 0.3) is 11.3 Å². The number of benzene rings is 1. The Morgan fingerprint density at radius 1 is 1.23 bits per heavy atom. The van der Waals surface area contributed by atoms with Crippen LogP contribution in [0.3, 0.4) is 0 Å². The van der Waals surface area contributed by atoms with E-state index in [0.29, 0.717) is 11.5 Å². The molecule has 0 unspecified atom stereocenters. The molecule has 0 bridgehead atoms. The Morgan fingerprint density at radius 3 is 2.40 bits per heavy atom. The minimum atomic E-state index is -0.363. The monoisotopic (exact) mass is 429 g/mol. The molecule has 162 valence electrons. The van der Waals surface area contributed by atoms with E-state index in [1.54, 1.807) is 17.9 Å². The van der Waals surface area contributed by atoms with E-state index in [1.807, 2.05) is 27.0 Å². The molecule has 0 spiro atoms. The van der Waals surface area contributed by atoms with Crippen molar-refractivity contribution >= 4 is 34.6 Å². The van der Waals surface area contributed by atoms with Gasteiger partial charge in [-0.3, -0.25) is 9.67 Å². The van der Waals surface area contributed by atoms with Crippen LogP contribution in [0.2, 0.25) is 0 Å². The molecular formula is C23H31N3O3S. The van der Waals surface area contributed by atoms with E-state index in [1.165, 1.54) is 5.56 Å². The normalized spacial score (nSPS) is 12.8. The first kappa shape index (κ1) is 23.7. The zero-order chi connectivity index (χ0) is 22.3. The number of aliphatic imine (C=N–C) groups is 1. The zero-order valence-corrected chi connectivity index (χ0v) is 19.7. The maximum Gasteiger partial charge on any atom is 0.370 e. The summed E-state index contributed by atoms with van der Waals surface area (Å²) in [7, 11) is 3.57. The van der Waals surface area contributed by atoms with Gasteiger partial charge in [-0.1, -0.05) is 52.0 Å². The molecule has 2 rings (SSSR count). The molecule has 0 saturated heterocycles. The average molecular weight is 430 g/mol. The van der Waals surface area contributed by atoms with Crippen LogP contribution in [0, 0.1) is 6.92 Å². The first-order chi connectivity index (χ1) is 14.2. The Kier molecular flexibility index (Phi) is 8.29. The van der Waals surface area contributed by atoms with Crippen LogP contribution in [-0.2, 0) is 21.9 Å². The number of allylic oxidation sites excluding steroid dienone is 1. The van der Waals surface area contributed by atoms with Crippen molar-refractivity contribution in [2.24, 2.45) is 12.0 Å². The van der Waals surface area contributed by atoms with Gasteiger partial charge in [0, 0.05) is 31.6 Å². The molecule has 0 aliphatic rings. The Morgan fingerprint density at radius 2 is 1.90 bits per heavy atom. The van der Waals surface area contributed by atoms with E-state index in [9.17, 15) is 4.79 Å². The Bertz CT molecular complexity index is 922. The molecule has 1 heterocycles. The molecule has 0 saturated carbocycles. The summed E-state index contributed by atoms with van der Waals surface area (Å²) in [5.74, 6) is 1.21. The van der Waals surface area contributed by atoms with Crippen LogP contribution >= 0.6 is 11.8 Å². The predicted molar refractivity (Wildman–Crippen MR) is 125 cm³/mol. The van der Waals surface area contributed by atoms with Gasteiger partial charge in [-0.25, -0.2) is 4.79 Å². The maximum atomic E-state index is 11.7. The van der Waals surface area contributed by atoms with Crippen molar-refractivity contribution in [3.63, 3.8) is 0 Å². The van der Waals surface area contributed by atoms with Crippen molar-refractivity contribution in [2.45, 2.75) is 40.0 Å². The minimum Gasteiger partial charge on any atom is -0.454 e. The molecule has 30 heavy (non-hydrogen) atoms. The number of carbonyl (C=O) groups excluding carboxylic acids is 1. The first-order valence-electron chi connectivity index (χ1n) is 9.88. The van der Waals surface area contributed by atoms with Crippen molar-refractivity contribution in [1.29, 1.82) is 0 Å². The lowest BCUT2D eigenvalue weighted by molar-refractivity contribution is 0.0588. The van der Waals surface area contributed by atoms with E-state index in [0.717, 1.165) is 34.3 Å². The Labute approximate surface area is 183 Å². The molecule has 0 atom stereocenters. The smallest absolute Gasteiger partial charge is 0.370 e. The molecule has 6 nitrogen and oxygen atoms in total. The maximum absolute atomic E-state index is 11.7. The summed E-state index contributed by atoms with van der Waals surface area (Å²) in [5.41, 5.74) is 4.69. The average Bonchev–Trinajstić information content (AvgIpc) is 3.01. The van der Waals surface area contributed by atoms with Crippen molar-refractivity contribution in [3.05, 3.63) is 52.8 Å². The van der Waals surface area contributed by atoms with Gasteiger partial charge in [-0.15, -0.1) is 0 Å². The van der Waals surface area contributed by atoms with Crippen LogP contribution < -0.4 is 0 Å². The van der Waals surface area contributed by atoms with Gasteiger partial charge in [0.15, 0.2) is 5.76 Å². The third-order valence-electron chi connectivity index (χ3n) is 4.44. The molecule has 0 N–H and O–H groups in total. The summed E-state index contributed by atoms with van der Waals surface area (Å²) in [5, 5.41) is 4.07. The minimum absolute atomic E-state index is 0.0604. The highest BCUT2D eigenvalue weighted by Gasteiger charge is 2.19. The van der Waals surface area contributed by atoms with E-state index < -0.39 is 0 Å². The standard InChI is InChI=1S/C23H31N3O3S/c1-8-30-22(27)29-15-28-21(20-13-16(2)25-26(20)7)19(14-24-6)17-9-11-18(12-10-17)23(3,4)5/h9-14H,8,15H2,1-7H3/b21-19-,24-14-. The fourth-order valence-electron chi connectivity index (χ4n) is 2.95. The van der Waals surface area contributed by atoms with E-state index >= 15 is 0 Å². The molecule has 1 aromatic carbocycles. The lowest BCUT2D eigenvalue weighted by Crippen LogP contribution is -2.11. The van der Waals surface area contributed by atoms with Gasteiger partial charge in [0.2, 0.25) is 6.79 Å². The number of aryl methyl sites for hydroxylation is 2. The molecule has 1 aromatic heterocycles. The highest BCUT2D eigenvalue weighted by molar-refractivity contribution is 8.13. The van der Waals surface area contributed by atoms with Gasteiger partial charge < -0.3 is 9.47 Å². The molecule has 0 fully saturated rings. The highest BCUT2D eigenvalue weighted by atomic mass is 32.2. The Balaban J connectivity index is 2.51. The second kappa shape index (κ2) is 10.5. The van der Waals surface area contributed by atoms with Crippen molar-refractivity contribution in [2.75, 3.05) is 19.6 Å². The van der Waals surface area contributed by atoms with Crippen molar-refractivity contribution in [3.8, 4) is 0 Å². The zero-order valence-electron chi connectivity index (χ0n) is 18.9. The Hall–Kier alpha value is -2.54. The number of rotatable bonds is 7. The van der Waals surface area contributed by atoms with E-state index in [4.69, 9.17) is 9.47 Å². The summed E-state index contributed by atoms with van der Waals surface area (Å²) >= 11 is 1.10. The van der Waals surface area contributed by atoms with Crippen molar-refractivity contribution < 1.29 is 14.3 Å². The summed E-state index contributed by atoms with van der Waals surface area (Å²) < 4.78 is 12.9. The SMILES string of the molecule is CCSC(=O)OCO/C(=C(/C=N\C)c1ccc(C(C)(C)C)cc1)c1cc(C)nn1C. The number of ether oxygens (including phenoxy) is 2. The largest absolute Gasteiger partial charge is 0.454 e. The molecular weight excluding hydrogens is 398 g/mol. The first-order valence-corrected chi connectivity index (χ1v) is 10.9. The number of hydrogen-bond donors (Lipinski definition) is 0. The molecule has 0 aliphatic heterocycles. The quantitative estimate of drug-likeness (QED) is 0.253. The molecule has 2 aromatic rings. The fourth-order valence-corrected chi connectivity index (χ4v) is 3.32. The van der Waals surface area contributed by atoms with Gasteiger partial charge >= 0.3 is 5.30 Å². The van der Waals surface area contributed by atoms with Gasteiger partial charge in [0.1, 0.15) is 5.69 Å². The number of hydrogen-bond acceptors (Lipinski definition) is 6.